The van der Waals surface area contributed by atoms with Crippen LogP contribution in [-0.4, -0.2) is 12.5 Å². The summed E-state index contributed by atoms with van der Waals surface area (Å²) in [7, 11) is 0. The molecule has 0 saturated carbocycles. The fraction of sp³-hybridized carbons (Fsp3) is 0.353. The molecule has 21 heavy (non-hydrogen) atoms. The van der Waals surface area contributed by atoms with Gasteiger partial charge in [0.2, 0.25) is 5.91 Å². The van der Waals surface area contributed by atoms with Crippen LogP contribution in [0.15, 0.2) is 29.6 Å². The predicted molar refractivity (Wildman–Crippen MR) is 89.3 cm³/mol. The van der Waals surface area contributed by atoms with Crippen molar-refractivity contribution < 1.29 is 4.79 Å². The molecular weight excluding hydrogens is 280 g/mol. The van der Waals surface area contributed by atoms with E-state index >= 15 is 0 Å². The molecular formula is C17H20N2OS. The first-order chi connectivity index (χ1) is 10.1. The lowest BCUT2D eigenvalue weighted by molar-refractivity contribution is -0.116. The van der Waals surface area contributed by atoms with E-state index in [1.165, 1.54) is 16.0 Å². The number of amides is 1. The standard InChI is InChI=1S/C17H20N2OS/c1-11-7-9-21-17(11)12(2)18-15-4-5-16-14(10-15)6-8-19(16)13(3)20/h4-5,7,9-10,12,18H,6,8H2,1-3H3. The molecule has 1 aromatic heterocycles. The van der Waals surface area contributed by atoms with Crippen LogP contribution in [0.4, 0.5) is 11.4 Å². The Hall–Kier alpha value is -1.81. The third-order valence-electron chi connectivity index (χ3n) is 4.03. The third-order valence-corrected chi connectivity index (χ3v) is 5.23. The number of rotatable bonds is 3. The minimum Gasteiger partial charge on any atom is -0.378 e. The lowest BCUT2D eigenvalue weighted by Gasteiger charge is -2.17. The summed E-state index contributed by atoms with van der Waals surface area (Å²) in [5.41, 5.74) is 4.78. The summed E-state index contributed by atoms with van der Waals surface area (Å²) in [4.78, 5) is 14.8. The van der Waals surface area contributed by atoms with Crippen LogP contribution in [0.25, 0.3) is 0 Å². The van der Waals surface area contributed by atoms with E-state index in [1.54, 1.807) is 18.3 Å². The van der Waals surface area contributed by atoms with Crippen LogP contribution in [0.5, 0.6) is 0 Å². The molecule has 3 nitrogen and oxygen atoms in total. The van der Waals surface area contributed by atoms with Crippen molar-refractivity contribution >= 4 is 28.6 Å². The summed E-state index contributed by atoms with van der Waals surface area (Å²) in [6.07, 6.45) is 0.941. The van der Waals surface area contributed by atoms with Crippen LogP contribution < -0.4 is 10.2 Å². The number of nitrogens with one attached hydrogen (secondary N) is 1. The first-order valence-corrected chi connectivity index (χ1v) is 8.16. The summed E-state index contributed by atoms with van der Waals surface area (Å²) in [5, 5.41) is 5.70. The summed E-state index contributed by atoms with van der Waals surface area (Å²) in [5.74, 6) is 0.122. The molecule has 0 saturated heterocycles. The highest BCUT2D eigenvalue weighted by atomic mass is 32.1. The molecule has 3 rings (SSSR count). The Labute approximate surface area is 129 Å². The van der Waals surface area contributed by atoms with E-state index in [0.29, 0.717) is 6.04 Å². The molecule has 1 unspecified atom stereocenters. The number of hydrogen-bond donors (Lipinski definition) is 1. The number of hydrogen-bond acceptors (Lipinski definition) is 3. The van der Waals surface area contributed by atoms with E-state index in [2.05, 4.69) is 48.8 Å². The quantitative estimate of drug-likeness (QED) is 0.924. The Morgan fingerprint density at radius 2 is 2.19 bits per heavy atom. The SMILES string of the molecule is CC(=O)N1CCc2cc(NC(C)c3sccc3C)ccc21. The van der Waals surface area contributed by atoms with E-state index in [4.69, 9.17) is 0 Å². The van der Waals surface area contributed by atoms with Crippen LogP contribution in [0.1, 0.15) is 35.9 Å². The molecule has 0 fully saturated rings. The van der Waals surface area contributed by atoms with E-state index in [1.807, 2.05) is 4.90 Å². The number of anilines is 2. The highest BCUT2D eigenvalue weighted by Gasteiger charge is 2.22. The lowest BCUT2D eigenvalue weighted by atomic mass is 10.1. The highest BCUT2D eigenvalue weighted by molar-refractivity contribution is 7.10. The van der Waals surface area contributed by atoms with Gasteiger partial charge in [0.25, 0.3) is 0 Å². The number of benzene rings is 1. The topological polar surface area (TPSA) is 32.3 Å². The van der Waals surface area contributed by atoms with Crippen LogP contribution in [0.3, 0.4) is 0 Å². The fourth-order valence-corrected chi connectivity index (χ4v) is 3.90. The lowest BCUT2D eigenvalue weighted by Crippen LogP contribution is -2.25. The molecule has 0 spiro atoms. The van der Waals surface area contributed by atoms with Crippen LogP contribution in [0, 0.1) is 6.92 Å². The first kappa shape index (κ1) is 14.1. The van der Waals surface area contributed by atoms with Crippen molar-refractivity contribution in [2.45, 2.75) is 33.2 Å². The maximum atomic E-state index is 11.6. The average molecular weight is 300 g/mol. The van der Waals surface area contributed by atoms with Crippen LogP contribution in [0.2, 0.25) is 0 Å². The van der Waals surface area contributed by atoms with Gasteiger partial charge >= 0.3 is 0 Å². The van der Waals surface area contributed by atoms with E-state index in [-0.39, 0.29) is 5.91 Å². The molecule has 1 aliphatic heterocycles. The van der Waals surface area contributed by atoms with E-state index in [9.17, 15) is 4.79 Å². The number of aryl methyl sites for hydroxylation is 1. The fourth-order valence-electron chi connectivity index (χ4n) is 2.96. The van der Waals surface area contributed by atoms with Gasteiger partial charge in [-0.25, -0.2) is 0 Å². The minimum atomic E-state index is 0.122. The Morgan fingerprint density at radius 1 is 1.38 bits per heavy atom. The normalized spacial score (nSPS) is 14.9. The summed E-state index contributed by atoms with van der Waals surface area (Å²) in [6.45, 7) is 6.77. The minimum absolute atomic E-state index is 0.122. The van der Waals surface area contributed by atoms with E-state index < -0.39 is 0 Å². The number of nitrogens with zero attached hydrogens (tertiary/aromatic N) is 1. The highest BCUT2D eigenvalue weighted by Crippen LogP contribution is 2.32. The zero-order valence-electron chi connectivity index (χ0n) is 12.6. The number of carbonyl (C=O) groups is 1. The van der Waals surface area contributed by atoms with Gasteiger partial charge in [0.15, 0.2) is 0 Å². The zero-order valence-corrected chi connectivity index (χ0v) is 13.5. The molecule has 1 atom stereocenters. The maximum absolute atomic E-state index is 11.6. The molecule has 0 aliphatic carbocycles. The Kier molecular flexibility index (Phi) is 3.72. The van der Waals surface area contributed by atoms with Crippen molar-refractivity contribution in [3.8, 4) is 0 Å². The second kappa shape index (κ2) is 5.53. The second-order valence-corrected chi connectivity index (χ2v) is 6.55. The van der Waals surface area contributed by atoms with Gasteiger partial charge in [-0.3, -0.25) is 4.79 Å². The van der Waals surface area contributed by atoms with Crippen LogP contribution >= 0.6 is 11.3 Å². The molecule has 2 aromatic rings. The number of thiophene rings is 1. The summed E-state index contributed by atoms with van der Waals surface area (Å²) < 4.78 is 0. The predicted octanol–water partition coefficient (Wildman–Crippen LogP) is 4.14. The molecule has 4 heteroatoms. The Balaban J connectivity index is 1.79. The monoisotopic (exact) mass is 300 g/mol. The van der Waals surface area contributed by atoms with E-state index in [0.717, 1.165) is 24.3 Å². The van der Waals surface area contributed by atoms with Crippen molar-refractivity contribution in [1.82, 2.24) is 0 Å². The molecule has 0 radical (unpaired) electrons. The first-order valence-electron chi connectivity index (χ1n) is 7.28. The largest absolute Gasteiger partial charge is 0.378 e. The van der Waals surface area contributed by atoms with Gasteiger partial charge in [0.05, 0.1) is 6.04 Å². The molecule has 2 heterocycles. The Morgan fingerprint density at radius 3 is 2.86 bits per heavy atom. The molecule has 110 valence electrons. The van der Waals surface area contributed by atoms with Crippen molar-refractivity contribution in [2.75, 3.05) is 16.8 Å². The number of fused-ring (bicyclic) bond motifs is 1. The zero-order chi connectivity index (χ0) is 15.0. The average Bonchev–Trinajstić information content (AvgIpc) is 3.04. The van der Waals surface area contributed by atoms with Crippen molar-refractivity contribution in [2.24, 2.45) is 0 Å². The second-order valence-electron chi connectivity index (χ2n) is 5.60. The van der Waals surface area contributed by atoms with Gasteiger partial charge < -0.3 is 10.2 Å². The molecule has 1 N–H and O–H groups in total. The molecule has 1 aromatic carbocycles. The van der Waals surface area contributed by atoms with Gasteiger partial charge in [-0.05, 0) is 61.0 Å². The van der Waals surface area contributed by atoms with Crippen molar-refractivity contribution in [3.05, 3.63) is 45.6 Å². The van der Waals surface area contributed by atoms with Gasteiger partial charge in [-0.1, -0.05) is 0 Å². The van der Waals surface area contributed by atoms with Gasteiger partial charge in [0, 0.05) is 29.7 Å². The maximum Gasteiger partial charge on any atom is 0.223 e. The molecule has 1 aliphatic rings. The Bertz CT molecular complexity index is 677. The summed E-state index contributed by atoms with van der Waals surface area (Å²) >= 11 is 1.79. The smallest absolute Gasteiger partial charge is 0.223 e. The van der Waals surface area contributed by atoms with Crippen molar-refractivity contribution in [3.63, 3.8) is 0 Å². The molecule has 1 amide bonds. The van der Waals surface area contributed by atoms with Crippen LogP contribution in [-0.2, 0) is 11.2 Å². The van der Waals surface area contributed by atoms with Gasteiger partial charge in [-0.2, -0.15) is 0 Å². The number of carbonyl (C=O) groups excluding carboxylic acids is 1. The van der Waals surface area contributed by atoms with Gasteiger partial charge in [0.1, 0.15) is 0 Å². The van der Waals surface area contributed by atoms with Gasteiger partial charge in [-0.15, -0.1) is 11.3 Å². The molecule has 0 bridgehead atoms. The summed E-state index contributed by atoms with van der Waals surface area (Å²) in [6, 6.07) is 8.76. The third kappa shape index (κ3) is 2.68. The van der Waals surface area contributed by atoms with Crippen molar-refractivity contribution in [1.29, 1.82) is 0 Å².